The third-order valence-corrected chi connectivity index (χ3v) is 4.66. The molecule has 0 saturated carbocycles. The van der Waals surface area contributed by atoms with E-state index in [1.54, 1.807) is 12.1 Å². The number of ether oxygens (including phenoxy) is 1. The molecule has 2 rings (SSSR count). The lowest BCUT2D eigenvalue weighted by Crippen LogP contribution is -2.38. The number of hydrogen-bond acceptors (Lipinski definition) is 4. The Morgan fingerprint density at radius 2 is 2.15 bits per heavy atom. The number of nitrogens with one attached hydrogen (secondary N) is 1. The van der Waals surface area contributed by atoms with Crippen LogP contribution >= 0.6 is 22.9 Å². The van der Waals surface area contributed by atoms with Gasteiger partial charge in [0.2, 0.25) is 0 Å². The lowest BCUT2D eigenvalue weighted by atomic mass is 9.86. The molecule has 1 aromatic rings. The minimum atomic E-state index is -0.874. The van der Waals surface area contributed by atoms with Crippen LogP contribution in [-0.2, 0) is 9.53 Å². The Balaban J connectivity index is 1.91. The van der Waals surface area contributed by atoms with Crippen molar-refractivity contribution in [2.75, 3.05) is 19.8 Å². The molecule has 1 saturated heterocycles. The quantitative estimate of drug-likeness (QED) is 0.873. The molecule has 0 radical (unpaired) electrons. The van der Waals surface area contributed by atoms with Crippen molar-refractivity contribution in [2.45, 2.75) is 12.8 Å². The van der Waals surface area contributed by atoms with Gasteiger partial charge in [-0.05, 0) is 30.9 Å². The molecule has 110 valence electrons. The maximum Gasteiger partial charge on any atom is 0.308 e. The van der Waals surface area contributed by atoms with Crippen molar-refractivity contribution in [3.05, 3.63) is 21.3 Å². The molecule has 1 unspecified atom stereocenters. The lowest BCUT2D eigenvalue weighted by Gasteiger charge is -2.27. The predicted molar refractivity (Wildman–Crippen MR) is 76.3 cm³/mol. The van der Waals surface area contributed by atoms with Gasteiger partial charge in [-0.3, -0.25) is 9.59 Å². The van der Waals surface area contributed by atoms with Crippen molar-refractivity contribution in [3.8, 4) is 0 Å². The molecule has 2 heterocycles. The Hall–Kier alpha value is -1.11. The Kier molecular flexibility index (Phi) is 5.39. The maximum absolute atomic E-state index is 11.9. The Morgan fingerprint density at radius 1 is 1.45 bits per heavy atom. The number of carbonyl (C=O) groups is 2. The predicted octanol–water partition coefficient (Wildman–Crippen LogP) is 2.26. The third-order valence-electron chi connectivity index (χ3n) is 3.43. The molecule has 2 N–H and O–H groups in total. The van der Waals surface area contributed by atoms with Crippen molar-refractivity contribution in [3.63, 3.8) is 0 Å². The van der Waals surface area contributed by atoms with Gasteiger partial charge in [0.1, 0.15) is 0 Å². The number of carboxylic acids is 1. The number of rotatable bonds is 5. The number of thiophene rings is 1. The van der Waals surface area contributed by atoms with E-state index < -0.39 is 11.9 Å². The molecule has 0 aromatic carbocycles. The summed E-state index contributed by atoms with van der Waals surface area (Å²) in [7, 11) is 0. The summed E-state index contributed by atoms with van der Waals surface area (Å²) in [5.41, 5.74) is 0. The molecular weight excluding hydrogens is 302 g/mol. The molecule has 0 bridgehead atoms. The zero-order chi connectivity index (χ0) is 14.5. The Bertz CT molecular complexity index is 484. The van der Waals surface area contributed by atoms with Crippen LogP contribution in [0.4, 0.5) is 0 Å². The zero-order valence-electron chi connectivity index (χ0n) is 10.8. The van der Waals surface area contributed by atoms with Gasteiger partial charge in [0.15, 0.2) is 0 Å². The van der Waals surface area contributed by atoms with Crippen LogP contribution in [0.15, 0.2) is 12.1 Å². The van der Waals surface area contributed by atoms with Crippen LogP contribution in [0.5, 0.6) is 0 Å². The minimum Gasteiger partial charge on any atom is -0.481 e. The van der Waals surface area contributed by atoms with E-state index in [1.807, 2.05) is 0 Å². The number of halogens is 1. The number of aliphatic carboxylic acids is 1. The van der Waals surface area contributed by atoms with E-state index in [4.69, 9.17) is 16.3 Å². The summed E-state index contributed by atoms with van der Waals surface area (Å²) in [6.07, 6.45) is 1.44. The first-order valence-electron chi connectivity index (χ1n) is 6.42. The van der Waals surface area contributed by atoms with Crippen LogP contribution in [0.3, 0.4) is 0 Å². The fraction of sp³-hybridized carbons (Fsp3) is 0.538. The van der Waals surface area contributed by atoms with Crippen LogP contribution in [0, 0.1) is 11.8 Å². The van der Waals surface area contributed by atoms with Gasteiger partial charge >= 0.3 is 5.97 Å². The van der Waals surface area contributed by atoms with E-state index in [0.717, 1.165) is 12.8 Å². The average Bonchev–Trinajstić information content (AvgIpc) is 2.86. The molecule has 0 spiro atoms. The van der Waals surface area contributed by atoms with E-state index in [1.165, 1.54) is 11.3 Å². The van der Waals surface area contributed by atoms with Crippen LogP contribution in [-0.4, -0.2) is 36.7 Å². The molecule has 20 heavy (non-hydrogen) atoms. The van der Waals surface area contributed by atoms with Gasteiger partial charge in [-0.1, -0.05) is 11.6 Å². The minimum absolute atomic E-state index is 0.0495. The summed E-state index contributed by atoms with van der Waals surface area (Å²) in [4.78, 5) is 23.7. The normalized spacial score (nSPS) is 17.6. The second-order valence-electron chi connectivity index (χ2n) is 4.71. The second-order valence-corrected chi connectivity index (χ2v) is 6.42. The first kappa shape index (κ1) is 15.3. The summed E-state index contributed by atoms with van der Waals surface area (Å²) >= 11 is 6.95. The van der Waals surface area contributed by atoms with Gasteiger partial charge in [-0.2, -0.15) is 0 Å². The van der Waals surface area contributed by atoms with Crippen molar-refractivity contribution in [1.29, 1.82) is 0 Å². The second kappa shape index (κ2) is 7.06. The molecule has 1 atom stereocenters. The first-order valence-corrected chi connectivity index (χ1v) is 7.61. The van der Waals surface area contributed by atoms with Gasteiger partial charge < -0.3 is 15.2 Å². The SMILES string of the molecule is O=C(NCC(C(=O)O)C1CCOCC1)c1ccc(Cl)s1. The Labute approximate surface area is 125 Å². The maximum atomic E-state index is 11.9. The molecule has 1 aliphatic rings. The number of carbonyl (C=O) groups excluding carboxylic acids is 1. The Morgan fingerprint density at radius 3 is 2.70 bits per heavy atom. The van der Waals surface area contributed by atoms with Crippen LogP contribution in [0.2, 0.25) is 4.34 Å². The zero-order valence-corrected chi connectivity index (χ0v) is 12.4. The number of amides is 1. The highest BCUT2D eigenvalue weighted by Gasteiger charge is 2.30. The van der Waals surface area contributed by atoms with Gasteiger partial charge in [0.05, 0.1) is 15.1 Å². The fourth-order valence-corrected chi connectivity index (χ4v) is 3.26. The summed E-state index contributed by atoms with van der Waals surface area (Å²) in [6.45, 7) is 1.31. The largest absolute Gasteiger partial charge is 0.481 e. The summed E-state index contributed by atoms with van der Waals surface area (Å²) < 4.78 is 5.77. The number of carboxylic acid groups (broad SMARTS) is 1. The lowest BCUT2D eigenvalue weighted by molar-refractivity contribution is -0.144. The van der Waals surface area contributed by atoms with E-state index in [2.05, 4.69) is 5.32 Å². The first-order chi connectivity index (χ1) is 9.58. The van der Waals surface area contributed by atoms with Crippen LogP contribution in [0.25, 0.3) is 0 Å². The molecular formula is C13H16ClNO4S. The van der Waals surface area contributed by atoms with E-state index >= 15 is 0 Å². The third kappa shape index (κ3) is 3.94. The topological polar surface area (TPSA) is 75.6 Å². The molecule has 1 amide bonds. The highest BCUT2D eigenvalue weighted by Crippen LogP contribution is 2.24. The van der Waals surface area contributed by atoms with E-state index in [0.29, 0.717) is 22.4 Å². The van der Waals surface area contributed by atoms with Crippen molar-refractivity contribution in [2.24, 2.45) is 11.8 Å². The van der Waals surface area contributed by atoms with Gasteiger partial charge in [0.25, 0.3) is 5.91 Å². The van der Waals surface area contributed by atoms with Crippen molar-refractivity contribution < 1.29 is 19.4 Å². The standard InChI is InChI=1S/C13H16ClNO4S/c14-11-2-1-10(20-11)12(16)15-7-9(13(17)18)8-3-5-19-6-4-8/h1-2,8-9H,3-7H2,(H,15,16)(H,17,18). The highest BCUT2D eigenvalue weighted by molar-refractivity contribution is 7.17. The monoisotopic (exact) mass is 317 g/mol. The molecule has 5 nitrogen and oxygen atoms in total. The smallest absolute Gasteiger partial charge is 0.308 e. The molecule has 7 heteroatoms. The van der Waals surface area contributed by atoms with Crippen molar-refractivity contribution >= 4 is 34.8 Å². The van der Waals surface area contributed by atoms with Crippen LogP contribution in [0.1, 0.15) is 22.5 Å². The highest BCUT2D eigenvalue weighted by atomic mass is 35.5. The summed E-state index contributed by atoms with van der Waals surface area (Å²) in [6, 6.07) is 3.28. The van der Waals surface area contributed by atoms with E-state index in [-0.39, 0.29) is 18.4 Å². The van der Waals surface area contributed by atoms with Crippen molar-refractivity contribution in [1.82, 2.24) is 5.32 Å². The van der Waals surface area contributed by atoms with Gasteiger partial charge in [0, 0.05) is 19.8 Å². The van der Waals surface area contributed by atoms with E-state index in [9.17, 15) is 14.7 Å². The molecule has 1 aliphatic heterocycles. The van der Waals surface area contributed by atoms with Gasteiger partial charge in [-0.15, -0.1) is 11.3 Å². The average molecular weight is 318 g/mol. The summed E-state index contributed by atoms with van der Waals surface area (Å²) in [5, 5.41) is 12.0. The molecule has 1 fully saturated rings. The molecule has 0 aliphatic carbocycles. The fourth-order valence-electron chi connectivity index (χ4n) is 2.30. The molecule has 1 aromatic heterocycles. The van der Waals surface area contributed by atoms with Gasteiger partial charge in [-0.25, -0.2) is 0 Å². The van der Waals surface area contributed by atoms with Crippen LogP contribution < -0.4 is 5.32 Å². The summed E-state index contributed by atoms with van der Waals surface area (Å²) in [5.74, 6) is -1.67. The number of hydrogen-bond donors (Lipinski definition) is 2.